The van der Waals surface area contributed by atoms with Crippen LogP contribution in [0.15, 0.2) is 24.3 Å². The molecule has 1 saturated heterocycles. The van der Waals surface area contributed by atoms with Crippen molar-refractivity contribution in [1.82, 2.24) is 9.80 Å². The molecule has 0 radical (unpaired) electrons. The maximum atomic E-state index is 12.8. The van der Waals surface area contributed by atoms with Crippen LogP contribution in [0.4, 0.5) is 13.2 Å². The third-order valence-electron chi connectivity index (χ3n) is 5.01. The highest BCUT2D eigenvalue weighted by Gasteiger charge is 2.33. The molecule has 1 aromatic carbocycles. The van der Waals surface area contributed by atoms with E-state index in [1.54, 1.807) is 4.90 Å². The summed E-state index contributed by atoms with van der Waals surface area (Å²) in [7, 11) is 0. The summed E-state index contributed by atoms with van der Waals surface area (Å²) in [5, 5.41) is 0. The summed E-state index contributed by atoms with van der Waals surface area (Å²) in [6.45, 7) is 2.43. The predicted octanol–water partition coefficient (Wildman–Crippen LogP) is 3.24. The fourth-order valence-electron chi connectivity index (χ4n) is 3.69. The Morgan fingerprint density at radius 2 is 1.92 bits per heavy atom. The van der Waals surface area contributed by atoms with Gasteiger partial charge in [-0.05, 0) is 36.9 Å². The van der Waals surface area contributed by atoms with Crippen LogP contribution in [-0.2, 0) is 17.8 Å². The minimum atomic E-state index is -4.13. The summed E-state index contributed by atoms with van der Waals surface area (Å²) in [4.78, 5) is 16.5. The van der Waals surface area contributed by atoms with E-state index in [4.69, 9.17) is 0 Å². The summed E-state index contributed by atoms with van der Waals surface area (Å²) in [5.74, 6) is -0.0709. The minimum Gasteiger partial charge on any atom is -0.338 e. The van der Waals surface area contributed by atoms with Crippen LogP contribution >= 0.6 is 0 Å². The van der Waals surface area contributed by atoms with E-state index in [0.29, 0.717) is 26.2 Å². The Morgan fingerprint density at radius 3 is 2.67 bits per heavy atom. The summed E-state index contributed by atoms with van der Waals surface area (Å²) in [6.07, 6.45) is -2.51. The maximum absolute atomic E-state index is 12.8. The number of fused-ring (bicyclic) bond motifs is 1. The quantitative estimate of drug-likeness (QED) is 0.843. The largest absolute Gasteiger partial charge is 0.390 e. The van der Waals surface area contributed by atoms with Gasteiger partial charge in [0.05, 0.1) is 12.3 Å². The molecule has 1 atom stereocenters. The van der Waals surface area contributed by atoms with Gasteiger partial charge < -0.3 is 9.80 Å². The zero-order valence-electron chi connectivity index (χ0n) is 13.7. The van der Waals surface area contributed by atoms with Gasteiger partial charge in [-0.2, -0.15) is 13.2 Å². The van der Waals surface area contributed by atoms with Crippen molar-refractivity contribution in [2.75, 3.05) is 26.2 Å². The van der Waals surface area contributed by atoms with Gasteiger partial charge in [0.2, 0.25) is 5.91 Å². The van der Waals surface area contributed by atoms with Crippen molar-refractivity contribution in [2.24, 2.45) is 5.92 Å². The van der Waals surface area contributed by atoms with Crippen LogP contribution in [0.3, 0.4) is 0 Å². The van der Waals surface area contributed by atoms with Gasteiger partial charge in [-0.1, -0.05) is 24.3 Å². The van der Waals surface area contributed by atoms with Crippen molar-refractivity contribution in [2.45, 2.75) is 38.4 Å². The molecule has 6 heteroatoms. The Labute approximate surface area is 140 Å². The molecular formula is C18H23F3N2O. The summed E-state index contributed by atoms with van der Waals surface area (Å²) in [5.41, 5.74) is 2.47. The number of benzene rings is 1. The van der Waals surface area contributed by atoms with Crippen molar-refractivity contribution in [1.29, 1.82) is 0 Å². The fraction of sp³-hybridized carbons (Fsp3) is 0.611. The molecule has 0 aromatic heterocycles. The molecule has 1 fully saturated rings. The predicted molar refractivity (Wildman–Crippen MR) is 85.4 cm³/mol. The van der Waals surface area contributed by atoms with Crippen molar-refractivity contribution in [3.05, 3.63) is 35.4 Å². The van der Waals surface area contributed by atoms with Crippen LogP contribution in [0.1, 0.15) is 30.4 Å². The third-order valence-corrected chi connectivity index (χ3v) is 5.01. The van der Waals surface area contributed by atoms with E-state index in [1.807, 2.05) is 23.1 Å². The normalized spacial score (nSPS) is 22.3. The molecule has 0 bridgehead atoms. The molecule has 1 unspecified atom stereocenters. The van der Waals surface area contributed by atoms with Crippen molar-refractivity contribution >= 4 is 5.91 Å². The minimum absolute atomic E-state index is 0.00386. The number of hydrogen-bond acceptors (Lipinski definition) is 2. The molecule has 2 aliphatic heterocycles. The van der Waals surface area contributed by atoms with Gasteiger partial charge in [-0.25, -0.2) is 0 Å². The van der Waals surface area contributed by atoms with E-state index in [-0.39, 0.29) is 18.4 Å². The van der Waals surface area contributed by atoms with Crippen LogP contribution in [0.2, 0.25) is 0 Å². The van der Waals surface area contributed by atoms with Gasteiger partial charge >= 0.3 is 6.18 Å². The third kappa shape index (κ3) is 4.29. The smallest absolute Gasteiger partial charge is 0.338 e. The number of halogens is 3. The molecule has 0 spiro atoms. The monoisotopic (exact) mass is 340 g/mol. The van der Waals surface area contributed by atoms with Crippen LogP contribution in [-0.4, -0.2) is 48.1 Å². The molecule has 132 valence electrons. The van der Waals surface area contributed by atoms with Crippen LogP contribution in [0.5, 0.6) is 0 Å². The first-order valence-electron chi connectivity index (χ1n) is 8.57. The number of likely N-dealkylation sites (tertiary alicyclic amines) is 1. The highest BCUT2D eigenvalue weighted by molar-refractivity contribution is 5.79. The van der Waals surface area contributed by atoms with Crippen LogP contribution < -0.4 is 0 Å². The lowest BCUT2D eigenvalue weighted by Gasteiger charge is -2.36. The van der Waals surface area contributed by atoms with Gasteiger partial charge in [0.1, 0.15) is 0 Å². The molecule has 2 heterocycles. The average molecular weight is 340 g/mol. The zero-order chi connectivity index (χ0) is 17.2. The first-order valence-corrected chi connectivity index (χ1v) is 8.57. The number of amides is 1. The van der Waals surface area contributed by atoms with E-state index in [0.717, 1.165) is 19.3 Å². The van der Waals surface area contributed by atoms with Gasteiger partial charge in [-0.3, -0.25) is 4.79 Å². The Kier molecular flexibility index (Phi) is 5.13. The SMILES string of the molecule is O=C(C1CCCN(CCC(F)(F)F)C1)N1CCc2ccccc2C1. The number of carbonyl (C=O) groups excluding carboxylic acids is 1. The first kappa shape index (κ1) is 17.3. The molecule has 0 aliphatic carbocycles. The van der Waals surface area contributed by atoms with Gasteiger partial charge in [0.15, 0.2) is 0 Å². The summed E-state index contributed by atoms with van der Waals surface area (Å²) in [6, 6.07) is 8.13. The van der Waals surface area contributed by atoms with Crippen LogP contribution in [0.25, 0.3) is 0 Å². The molecule has 0 saturated carbocycles. The summed E-state index contributed by atoms with van der Waals surface area (Å²) < 4.78 is 37.2. The van der Waals surface area contributed by atoms with E-state index in [9.17, 15) is 18.0 Å². The highest BCUT2D eigenvalue weighted by Crippen LogP contribution is 2.26. The standard InChI is InChI=1S/C18H23F3N2O/c19-18(20,21)8-11-22-9-3-6-16(12-22)17(24)23-10-7-14-4-1-2-5-15(14)13-23/h1-2,4-5,16H,3,6-13H2. The first-order chi connectivity index (χ1) is 11.4. The molecule has 3 nitrogen and oxygen atoms in total. The second-order valence-electron chi connectivity index (χ2n) is 6.78. The zero-order valence-corrected chi connectivity index (χ0v) is 13.7. The molecule has 0 N–H and O–H groups in total. The Hall–Kier alpha value is -1.56. The van der Waals surface area contributed by atoms with E-state index in [1.165, 1.54) is 11.1 Å². The number of piperidine rings is 1. The lowest BCUT2D eigenvalue weighted by Crippen LogP contribution is -2.46. The van der Waals surface area contributed by atoms with Crippen molar-refractivity contribution < 1.29 is 18.0 Å². The van der Waals surface area contributed by atoms with E-state index < -0.39 is 12.6 Å². The average Bonchev–Trinajstić information content (AvgIpc) is 2.58. The van der Waals surface area contributed by atoms with E-state index >= 15 is 0 Å². The molecular weight excluding hydrogens is 317 g/mol. The second kappa shape index (κ2) is 7.13. The van der Waals surface area contributed by atoms with Crippen molar-refractivity contribution in [3.8, 4) is 0 Å². The number of hydrogen-bond donors (Lipinski definition) is 0. The molecule has 24 heavy (non-hydrogen) atoms. The topological polar surface area (TPSA) is 23.6 Å². The lowest BCUT2D eigenvalue weighted by molar-refractivity contribution is -0.142. The molecule has 1 amide bonds. The summed E-state index contributed by atoms with van der Waals surface area (Å²) >= 11 is 0. The second-order valence-corrected chi connectivity index (χ2v) is 6.78. The number of alkyl halides is 3. The Morgan fingerprint density at radius 1 is 1.17 bits per heavy atom. The van der Waals surface area contributed by atoms with Gasteiger partial charge in [-0.15, -0.1) is 0 Å². The fourth-order valence-corrected chi connectivity index (χ4v) is 3.69. The van der Waals surface area contributed by atoms with Gasteiger partial charge in [0, 0.05) is 26.2 Å². The van der Waals surface area contributed by atoms with Crippen LogP contribution in [0, 0.1) is 5.92 Å². The Bertz CT molecular complexity index is 588. The van der Waals surface area contributed by atoms with E-state index in [2.05, 4.69) is 6.07 Å². The number of nitrogens with zero attached hydrogens (tertiary/aromatic N) is 2. The molecule has 1 aromatic rings. The highest BCUT2D eigenvalue weighted by atomic mass is 19.4. The van der Waals surface area contributed by atoms with Gasteiger partial charge in [0.25, 0.3) is 0 Å². The number of carbonyl (C=O) groups is 1. The molecule has 3 rings (SSSR count). The number of rotatable bonds is 3. The lowest BCUT2D eigenvalue weighted by atomic mass is 9.94. The maximum Gasteiger partial charge on any atom is 0.390 e. The van der Waals surface area contributed by atoms with Crippen molar-refractivity contribution in [3.63, 3.8) is 0 Å². The Balaban J connectivity index is 1.57. The molecule has 2 aliphatic rings.